The highest BCUT2D eigenvalue weighted by Gasteiger charge is 2.20. The quantitative estimate of drug-likeness (QED) is 0.538. The fourth-order valence-corrected chi connectivity index (χ4v) is 3.40. The molecular weight excluding hydrogens is 338 g/mol. The lowest BCUT2D eigenvalue weighted by molar-refractivity contribution is 0.0968. The maximum absolute atomic E-state index is 12.9. The van der Waals surface area contributed by atoms with Gasteiger partial charge in [-0.3, -0.25) is 14.6 Å². The van der Waals surface area contributed by atoms with Gasteiger partial charge in [-0.05, 0) is 31.0 Å². The second-order valence-corrected chi connectivity index (χ2v) is 6.54. The van der Waals surface area contributed by atoms with Gasteiger partial charge < -0.3 is 15.0 Å². The van der Waals surface area contributed by atoms with Gasteiger partial charge in [0.2, 0.25) is 0 Å². The van der Waals surface area contributed by atoms with Gasteiger partial charge in [0.05, 0.1) is 23.6 Å². The lowest BCUT2D eigenvalue weighted by Gasteiger charge is -2.17. The summed E-state index contributed by atoms with van der Waals surface area (Å²) >= 11 is 5.08. The van der Waals surface area contributed by atoms with E-state index in [1.807, 2.05) is 6.07 Å². The maximum atomic E-state index is 12.9. The molecule has 3 N–H and O–H groups in total. The van der Waals surface area contributed by atoms with E-state index in [2.05, 4.69) is 4.98 Å². The van der Waals surface area contributed by atoms with Crippen molar-refractivity contribution in [3.8, 4) is 0 Å². The Morgan fingerprint density at radius 1 is 1.48 bits per heavy atom. The molecule has 25 heavy (non-hydrogen) atoms. The van der Waals surface area contributed by atoms with Crippen LogP contribution in [0.1, 0.15) is 18.4 Å². The minimum atomic E-state index is -0.209. The van der Waals surface area contributed by atoms with E-state index in [0.29, 0.717) is 35.4 Å². The van der Waals surface area contributed by atoms with E-state index in [9.17, 15) is 4.79 Å². The number of rotatable bonds is 3. The zero-order valence-corrected chi connectivity index (χ0v) is 14.3. The van der Waals surface area contributed by atoms with E-state index in [1.165, 1.54) is 4.40 Å². The molecule has 0 aliphatic carbocycles. The zero-order valence-electron chi connectivity index (χ0n) is 13.4. The van der Waals surface area contributed by atoms with Crippen LogP contribution in [0.2, 0.25) is 0 Å². The summed E-state index contributed by atoms with van der Waals surface area (Å²) in [6.45, 7) is 1.16. The molecule has 3 aromatic rings. The van der Waals surface area contributed by atoms with Crippen LogP contribution in [-0.4, -0.2) is 31.7 Å². The number of fused-ring (bicyclic) bond motifs is 2. The number of aromatic nitrogens is 3. The van der Waals surface area contributed by atoms with E-state index in [4.69, 9.17) is 28.1 Å². The van der Waals surface area contributed by atoms with Crippen LogP contribution in [0.3, 0.4) is 0 Å². The molecule has 0 aromatic carbocycles. The SMILES string of the molecule is N=c1c(C(N)=S)cc2c(=O)n3ccccc3nc2n1C[C@@H]1CCCO1. The molecule has 8 heteroatoms. The first-order valence-corrected chi connectivity index (χ1v) is 8.48. The van der Waals surface area contributed by atoms with Crippen molar-refractivity contribution in [1.82, 2.24) is 14.0 Å². The van der Waals surface area contributed by atoms with Crippen molar-refractivity contribution in [2.75, 3.05) is 6.61 Å². The monoisotopic (exact) mass is 355 g/mol. The van der Waals surface area contributed by atoms with Gasteiger partial charge >= 0.3 is 0 Å². The Bertz CT molecular complexity index is 1110. The molecule has 1 atom stereocenters. The second kappa shape index (κ2) is 6.05. The molecule has 7 nitrogen and oxygen atoms in total. The van der Waals surface area contributed by atoms with Crippen LogP contribution in [0.15, 0.2) is 35.3 Å². The van der Waals surface area contributed by atoms with Gasteiger partial charge in [-0.15, -0.1) is 0 Å². The third-order valence-electron chi connectivity index (χ3n) is 4.49. The molecule has 0 saturated carbocycles. The molecule has 1 aliphatic heterocycles. The fourth-order valence-electron chi connectivity index (χ4n) is 3.24. The molecule has 0 bridgehead atoms. The topological polar surface area (TPSA) is 98.4 Å². The maximum Gasteiger partial charge on any atom is 0.267 e. The minimum Gasteiger partial charge on any atom is -0.389 e. The third-order valence-corrected chi connectivity index (χ3v) is 4.71. The van der Waals surface area contributed by atoms with E-state index in [0.717, 1.165) is 12.8 Å². The summed E-state index contributed by atoms with van der Waals surface area (Å²) in [6.07, 6.45) is 3.57. The van der Waals surface area contributed by atoms with Crippen LogP contribution >= 0.6 is 12.2 Å². The Morgan fingerprint density at radius 3 is 3.04 bits per heavy atom. The number of ether oxygens (including phenoxy) is 1. The van der Waals surface area contributed by atoms with Gasteiger partial charge in [0.15, 0.2) is 0 Å². The Kier molecular flexibility index (Phi) is 3.85. The summed E-state index contributed by atoms with van der Waals surface area (Å²) in [5.41, 5.74) is 7.09. The van der Waals surface area contributed by atoms with Crippen LogP contribution in [0.5, 0.6) is 0 Å². The molecule has 0 amide bonds. The molecular formula is C17H17N5O2S. The summed E-state index contributed by atoms with van der Waals surface area (Å²) in [4.78, 5) is 17.6. The molecule has 128 valence electrons. The molecule has 4 rings (SSSR count). The zero-order chi connectivity index (χ0) is 17.6. The van der Waals surface area contributed by atoms with Crippen LogP contribution in [0, 0.1) is 5.41 Å². The number of hydrogen-bond donors (Lipinski definition) is 2. The molecule has 0 unspecified atom stereocenters. The van der Waals surface area contributed by atoms with Crippen LogP contribution < -0.4 is 16.8 Å². The lowest BCUT2D eigenvalue weighted by Crippen LogP contribution is -2.34. The summed E-state index contributed by atoms with van der Waals surface area (Å²) in [7, 11) is 0. The van der Waals surface area contributed by atoms with Crippen molar-refractivity contribution in [2.45, 2.75) is 25.5 Å². The second-order valence-electron chi connectivity index (χ2n) is 6.10. The molecule has 3 aromatic heterocycles. The predicted octanol–water partition coefficient (Wildman–Crippen LogP) is 0.942. The molecule has 1 fully saturated rings. The fraction of sp³-hybridized carbons (Fsp3) is 0.294. The van der Waals surface area contributed by atoms with Crippen molar-refractivity contribution in [2.24, 2.45) is 5.73 Å². The Labute approximate surface area is 148 Å². The first-order chi connectivity index (χ1) is 12.1. The number of nitrogens with zero attached hydrogens (tertiary/aromatic N) is 3. The molecule has 1 aliphatic rings. The van der Waals surface area contributed by atoms with Crippen LogP contribution in [-0.2, 0) is 11.3 Å². The Morgan fingerprint density at radius 2 is 2.32 bits per heavy atom. The smallest absolute Gasteiger partial charge is 0.267 e. The molecule has 4 heterocycles. The van der Waals surface area contributed by atoms with E-state index < -0.39 is 0 Å². The van der Waals surface area contributed by atoms with Gasteiger partial charge in [0, 0.05) is 12.8 Å². The predicted molar refractivity (Wildman–Crippen MR) is 97.7 cm³/mol. The van der Waals surface area contributed by atoms with Crippen molar-refractivity contribution in [1.29, 1.82) is 5.41 Å². The average molecular weight is 355 g/mol. The largest absolute Gasteiger partial charge is 0.389 e. The van der Waals surface area contributed by atoms with Crippen LogP contribution in [0.25, 0.3) is 16.7 Å². The van der Waals surface area contributed by atoms with Gasteiger partial charge in [0.25, 0.3) is 5.56 Å². The minimum absolute atomic E-state index is 0.00470. The first-order valence-electron chi connectivity index (χ1n) is 8.07. The molecule has 0 radical (unpaired) electrons. The summed E-state index contributed by atoms with van der Waals surface area (Å²) in [5, 5.41) is 8.88. The van der Waals surface area contributed by atoms with E-state index in [1.54, 1.807) is 29.0 Å². The number of hydrogen-bond acceptors (Lipinski definition) is 5. The van der Waals surface area contributed by atoms with Crippen LogP contribution in [0.4, 0.5) is 0 Å². The molecule has 0 spiro atoms. The Balaban J connectivity index is 2.08. The van der Waals surface area contributed by atoms with Gasteiger partial charge in [-0.2, -0.15) is 0 Å². The highest BCUT2D eigenvalue weighted by Crippen LogP contribution is 2.16. The van der Waals surface area contributed by atoms with Crippen molar-refractivity contribution >= 4 is 33.9 Å². The third kappa shape index (κ3) is 2.63. The Hall–Kier alpha value is -2.58. The molecule has 1 saturated heterocycles. The number of nitrogens with two attached hydrogens (primary N) is 1. The first kappa shape index (κ1) is 15.9. The number of nitrogens with one attached hydrogen (secondary N) is 1. The van der Waals surface area contributed by atoms with Gasteiger partial charge in [-0.25, -0.2) is 4.98 Å². The van der Waals surface area contributed by atoms with Gasteiger partial charge in [-0.1, -0.05) is 18.3 Å². The summed E-state index contributed by atoms with van der Waals surface area (Å²) in [5.74, 6) is 0. The highest BCUT2D eigenvalue weighted by atomic mass is 32.1. The van der Waals surface area contributed by atoms with Crippen molar-refractivity contribution < 1.29 is 4.74 Å². The standard InChI is InChI=1S/C17H17N5O2S/c18-14-11(15(19)25)8-12-16(22(14)9-10-4-3-7-24-10)20-13-5-1-2-6-21(13)17(12)23/h1-2,5-6,8,10,18H,3-4,7,9H2,(H2,19,25)/t10-/m0/s1. The number of thiocarbonyl (C=S) groups is 1. The normalized spacial score (nSPS) is 17.4. The van der Waals surface area contributed by atoms with Crippen molar-refractivity contribution in [3.05, 3.63) is 51.9 Å². The van der Waals surface area contributed by atoms with Crippen molar-refractivity contribution in [3.63, 3.8) is 0 Å². The average Bonchev–Trinajstić information content (AvgIpc) is 3.11. The highest BCUT2D eigenvalue weighted by molar-refractivity contribution is 7.80. The van der Waals surface area contributed by atoms with E-state index >= 15 is 0 Å². The summed E-state index contributed by atoms with van der Waals surface area (Å²) in [6, 6.07) is 6.93. The number of pyridine rings is 2. The lowest BCUT2D eigenvalue weighted by atomic mass is 10.2. The van der Waals surface area contributed by atoms with E-state index in [-0.39, 0.29) is 22.1 Å². The van der Waals surface area contributed by atoms with Gasteiger partial charge in [0.1, 0.15) is 21.8 Å². The summed E-state index contributed by atoms with van der Waals surface area (Å²) < 4.78 is 8.87.